The molecule has 3 N–H and O–H groups in total. The molecule has 0 unspecified atom stereocenters. The average Bonchev–Trinajstić information content (AvgIpc) is 3.23. The van der Waals surface area contributed by atoms with Gasteiger partial charge in [-0.2, -0.15) is 16.8 Å². The van der Waals surface area contributed by atoms with Gasteiger partial charge in [-0.15, -0.1) is 0 Å². The summed E-state index contributed by atoms with van der Waals surface area (Å²) in [5, 5.41) is 9.49. The number of benzene rings is 4. The van der Waals surface area contributed by atoms with Crippen molar-refractivity contribution in [3.05, 3.63) is 95.7 Å². The van der Waals surface area contributed by atoms with Crippen LogP contribution in [0.4, 0.5) is 5.69 Å². The van der Waals surface area contributed by atoms with Gasteiger partial charge >= 0.3 is 0 Å². The van der Waals surface area contributed by atoms with Gasteiger partial charge in [0.1, 0.15) is 21.3 Å². The minimum absolute atomic E-state index is 0.0396. The molecule has 0 radical (unpaired) electrons. The van der Waals surface area contributed by atoms with Crippen molar-refractivity contribution in [2.24, 2.45) is 4.99 Å². The van der Waals surface area contributed by atoms with Crippen LogP contribution in [0.3, 0.4) is 0 Å². The number of ether oxygens (including phenoxy) is 1. The Hall–Kier alpha value is -4.56. The number of amidine groups is 1. The number of hydrogen-bond acceptors (Lipinski definition) is 8. The number of carbonyl (C=O) groups excluding carboxylic acids is 1. The standard InChI is InChI=1S/C27H20N2O9S2/c1-38-23-15-16(10-13-22(23)30)14-20-27(31)29(26(28-20)17-6-3-2-4-7-17)21-12-11-18-19(25(21)40(35,36)37)8-5-9-24(18)39(32,33)34/h2-15,30H,1H3,(H,32,33,34)(H,35,36,37). The molecular formula is C27H20N2O9S2. The molecule has 40 heavy (non-hydrogen) atoms. The Balaban J connectivity index is 1.78. The Morgan fingerprint density at radius 3 is 2.23 bits per heavy atom. The number of phenols is 1. The fourth-order valence-corrected chi connectivity index (χ4v) is 6.01. The number of amides is 1. The smallest absolute Gasteiger partial charge is 0.297 e. The Morgan fingerprint density at radius 1 is 0.850 bits per heavy atom. The largest absolute Gasteiger partial charge is 0.504 e. The minimum atomic E-state index is -5.07. The molecule has 0 aromatic heterocycles. The third kappa shape index (κ3) is 4.82. The predicted molar refractivity (Wildman–Crippen MR) is 147 cm³/mol. The molecule has 0 saturated carbocycles. The summed E-state index contributed by atoms with van der Waals surface area (Å²) in [6.07, 6.45) is 1.41. The van der Waals surface area contributed by atoms with Crippen molar-refractivity contribution in [3.8, 4) is 11.5 Å². The van der Waals surface area contributed by atoms with E-state index in [9.17, 15) is 35.8 Å². The summed E-state index contributed by atoms with van der Waals surface area (Å²) in [5.74, 6) is -0.670. The van der Waals surface area contributed by atoms with E-state index in [2.05, 4.69) is 4.99 Å². The van der Waals surface area contributed by atoms with Crippen LogP contribution in [0.25, 0.3) is 16.8 Å². The van der Waals surface area contributed by atoms with E-state index in [1.165, 1.54) is 49.6 Å². The third-order valence-electron chi connectivity index (χ3n) is 6.13. The number of phenolic OH excluding ortho intramolecular Hbond substituents is 1. The van der Waals surface area contributed by atoms with Crippen LogP contribution in [0.1, 0.15) is 11.1 Å². The molecule has 0 atom stereocenters. The van der Waals surface area contributed by atoms with Gasteiger partial charge in [0.15, 0.2) is 11.5 Å². The molecule has 0 saturated heterocycles. The van der Waals surface area contributed by atoms with Gasteiger partial charge in [0.25, 0.3) is 26.1 Å². The summed E-state index contributed by atoms with van der Waals surface area (Å²) in [6, 6.07) is 18.7. The predicted octanol–water partition coefficient (Wildman–Crippen LogP) is 3.88. The zero-order chi connectivity index (χ0) is 28.8. The molecule has 1 aliphatic heterocycles. The summed E-state index contributed by atoms with van der Waals surface area (Å²) in [4.78, 5) is 18.0. The molecule has 204 valence electrons. The van der Waals surface area contributed by atoms with Crippen molar-refractivity contribution >= 4 is 54.5 Å². The maximum Gasteiger partial charge on any atom is 0.297 e. The minimum Gasteiger partial charge on any atom is -0.504 e. The van der Waals surface area contributed by atoms with Crippen LogP contribution in [-0.2, 0) is 25.0 Å². The van der Waals surface area contributed by atoms with Crippen LogP contribution >= 0.6 is 0 Å². The molecule has 1 heterocycles. The average molecular weight is 581 g/mol. The SMILES string of the molecule is COc1cc(C=C2N=C(c3ccccc3)N(c3ccc4c(S(=O)(=O)O)cccc4c3S(=O)(=O)O)C2=O)ccc1O. The lowest BCUT2D eigenvalue weighted by Crippen LogP contribution is -2.34. The van der Waals surface area contributed by atoms with Crippen LogP contribution in [-0.4, -0.2) is 49.9 Å². The molecule has 4 aromatic rings. The first kappa shape index (κ1) is 27.0. The van der Waals surface area contributed by atoms with Crippen LogP contribution < -0.4 is 9.64 Å². The van der Waals surface area contributed by atoms with E-state index in [0.717, 1.165) is 17.0 Å². The molecule has 5 rings (SSSR count). The topological polar surface area (TPSA) is 171 Å². The van der Waals surface area contributed by atoms with Crippen molar-refractivity contribution in [2.75, 3.05) is 12.0 Å². The van der Waals surface area contributed by atoms with Gasteiger partial charge in [0.05, 0.1) is 12.8 Å². The quantitative estimate of drug-likeness (QED) is 0.226. The highest BCUT2D eigenvalue weighted by Gasteiger charge is 2.37. The monoisotopic (exact) mass is 580 g/mol. The molecule has 11 nitrogen and oxygen atoms in total. The number of anilines is 1. The van der Waals surface area contributed by atoms with E-state index < -0.39 is 35.9 Å². The van der Waals surface area contributed by atoms with E-state index >= 15 is 0 Å². The highest BCUT2D eigenvalue weighted by molar-refractivity contribution is 7.86. The molecule has 1 aliphatic rings. The van der Waals surface area contributed by atoms with Gasteiger partial charge in [-0.05, 0) is 35.9 Å². The Morgan fingerprint density at radius 2 is 1.57 bits per heavy atom. The lowest BCUT2D eigenvalue weighted by molar-refractivity contribution is -0.113. The van der Waals surface area contributed by atoms with Crippen LogP contribution in [0.5, 0.6) is 11.5 Å². The first-order chi connectivity index (χ1) is 18.9. The molecule has 4 aromatic carbocycles. The number of aromatic hydroxyl groups is 1. The lowest BCUT2D eigenvalue weighted by Gasteiger charge is -2.22. The first-order valence-electron chi connectivity index (χ1n) is 11.5. The van der Waals surface area contributed by atoms with Crippen molar-refractivity contribution in [3.63, 3.8) is 0 Å². The van der Waals surface area contributed by atoms with Crippen molar-refractivity contribution < 1.29 is 40.6 Å². The number of carbonyl (C=O) groups is 1. The Labute approximate surface area is 228 Å². The molecular weight excluding hydrogens is 560 g/mol. The highest BCUT2D eigenvalue weighted by atomic mass is 32.2. The number of rotatable bonds is 6. The summed E-state index contributed by atoms with van der Waals surface area (Å²) in [6.45, 7) is 0. The van der Waals surface area contributed by atoms with Gasteiger partial charge in [-0.3, -0.25) is 18.8 Å². The second-order valence-corrected chi connectivity index (χ2v) is 11.4. The fraction of sp³-hybridized carbons (Fsp3) is 0.0370. The van der Waals surface area contributed by atoms with Crippen molar-refractivity contribution in [2.45, 2.75) is 9.79 Å². The highest BCUT2D eigenvalue weighted by Crippen LogP contribution is 2.39. The number of hydrogen-bond donors (Lipinski definition) is 3. The molecule has 1 amide bonds. The summed E-state index contributed by atoms with van der Waals surface area (Å²) in [5.41, 5.74) is 0.499. The molecule has 0 aliphatic carbocycles. The molecule has 0 spiro atoms. The zero-order valence-corrected chi connectivity index (χ0v) is 22.2. The van der Waals surface area contributed by atoms with Gasteiger partial charge in [0.2, 0.25) is 0 Å². The van der Waals surface area contributed by atoms with E-state index in [1.54, 1.807) is 30.3 Å². The number of fused-ring (bicyclic) bond motifs is 1. The Kier molecular flexibility index (Phi) is 6.67. The van der Waals surface area contributed by atoms with E-state index in [1.807, 2.05) is 0 Å². The van der Waals surface area contributed by atoms with Gasteiger partial charge in [-0.25, -0.2) is 4.99 Å². The van der Waals surface area contributed by atoms with E-state index in [4.69, 9.17) is 4.74 Å². The molecule has 0 bridgehead atoms. The maximum atomic E-state index is 13.8. The second-order valence-electron chi connectivity index (χ2n) is 8.62. The van der Waals surface area contributed by atoms with E-state index in [0.29, 0.717) is 11.1 Å². The first-order valence-corrected chi connectivity index (χ1v) is 14.4. The van der Waals surface area contributed by atoms with Crippen molar-refractivity contribution in [1.29, 1.82) is 0 Å². The fourth-order valence-electron chi connectivity index (χ4n) is 4.42. The molecule has 13 heteroatoms. The number of methoxy groups -OCH3 is 1. The summed E-state index contributed by atoms with van der Waals surface area (Å²) < 4.78 is 74.4. The van der Waals surface area contributed by atoms with Crippen LogP contribution in [0.2, 0.25) is 0 Å². The van der Waals surface area contributed by atoms with Gasteiger partial charge < -0.3 is 9.84 Å². The van der Waals surface area contributed by atoms with Gasteiger partial charge in [-0.1, -0.05) is 54.6 Å². The second kappa shape index (κ2) is 9.88. The Bertz CT molecular complexity index is 1970. The van der Waals surface area contributed by atoms with E-state index in [-0.39, 0.29) is 39.5 Å². The molecule has 0 fully saturated rings. The van der Waals surface area contributed by atoms with Crippen LogP contribution in [0.15, 0.2) is 99.3 Å². The normalized spacial score (nSPS) is 15.1. The maximum absolute atomic E-state index is 13.8. The lowest BCUT2D eigenvalue weighted by atomic mass is 10.1. The van der Waals surface area contributed by atoms with Crippen LogP contribution in [0, 0.1) is 0 Å². The number of aliphatic imine (C=N–C) groups is 1. The third-order valence-corrected chi connectivity index (χ3v) is 7.98. The summed E-state index contributed by atoms with van der Waals surface area (Å²) >= 11 is 0. The number of nitrogens with zero attached hydrogens (tertiary/aromatic N) is 2. The summed E-state index contributed by atoms with van der Waals surface area (Å²) in [7, 11) is -8.46. The van der Waals surface area contributed by atoms with Crippen molar-refractivity contribution in [1.82, 2.24) is 0 Å². The van der Waals surface area contributed by atoms with Gasteiger partial charge in [0, 0.05) is 16.3 Å². The zero-order valence-electron chi connectivity index (χ0n) is 20.6.